The molecule has 0 aliphatic carbocycles. The van der Waals surface area contributed by atoms with Crippen molar-refractivity contribution in [3.63, 3.8) is 0 Å². The molecule has 0 spiro atoms. The lowest BCUT2D eigenvalue weighted by molar-refractivity contribution is 0.0914. The summed E-state index contributed by atoms with van der Waals surface area (Å²) in [5, 5.41) is 2.94. The number of carbonyl (C=O) groups excluding carboxylic acids is 1. The minimum atomic E-state index is -0.399. The number of hydrogen-bond acceptors (Lipinski definition) is 3. The summed E-state index contributed by atoms with van der Waals surface area (Å²) in [4.78, 5) is 14.7. The number of nitrogens with one attached hydrogen (secondary N) is 1. The molecule has 0 atom stereocenters. The molecular weight excluding hydrogens is 277 g/mol. The normalized spacial score (nSPS) is 16.9. The first-order chi connectivity index (χ1) is 9.54. The van der Waals surface area contributed by atoms with Gasteiger partial charge in [-0.15, -0.1) is 0 Å². The maximum Gasteiger partial charge on any atom is 0.251 e. The van der Waals surface area contributed by atoms with E-state index in [-0.39, 0.29) is 11.9 Å². The highest BCUT2D eigenvalue weighted by Gasteiger charge is 2.21. The maximum absolute atomic E-state index is 13.1. The lowest BCUT2D eigenvalue weighted by Crippen LogP contribution is -2.46. The van der Waals surface area contributed by atoms with Crippen LogP contribution in [-0.2, 0) is 0 Å². The summed E-state index contributed by atoms with van der Waals surface area (Å²) in [5.74, 6) is -0.624. The van der Waals surface area contributed by atoms with Crippen molar-refractivity contribution in [1.82, 2.24) is 10.2 Å². The second-order valence-corrected chi connectivity index (χ2v) is 5.52. The number of piperidine rings is 1. The van der Waals surface area contributed by atoms with Crippen LogP contribution in [0, 0.1) is 5.82 Å². The minimum Gasteiger partial charge on any atom is -0.392 e. The van der Waals surface area contributed by atoms with E-state index in [2.05, 4.69) is 10.2 Å². The van der Waals surface area contributed by atoms with Crippen LogP contribution in [0.15, 0.2) is 24.3 Å². The third-order valence-electron chi connectivity index (χ3n) is 3.39. The SMILES string of the molecule is NC(=S)CN1CCC(NC(=O)c2cccc(F)c2)CC1. The van der Waals surface area contributed by atoms with E-state index in [0.29, 0.717) is 17.1 Å². The summed E-state index contributed by atoms with van der Waals surface area (Å²) in [6.07, 6.45) is 1.70. The van der Waals surface area contributed by atoms with Crippen molar-refractivity contribution in [3.05, 3.63) is 35.6 Å². The van der Waals surface area contributed by atoms with E-state index in [9.17, 15) is 9.18 Å². The maximum atomic E-state index is 13.1. The van der Waals surface area contributed by atoms with Gasteiger partial charge in [-0.3, -0.25) is 9.69 Å². The minimum absolute atomic E-state index is 0.119. The number of rotatable bonds is 4. The Kier molecular flexibility index (Phi) is 5.03. The van der Waals surface area contributed by atoms with E-state index in [1.165, 1.54) is 18.2 Å². The van der Waals surface area contributed by atoms with Crippen LogP contribution in [0.5, 0.6) is 0 Å². The number of thiocarbonyl (C=S) groups is 1. The number of benzene rings is 1. The van der Waals surface area contributed by atoms with E-state index in [1.54, 1.807) is 6.07 Å². The summed E-state index contributed by atoms with van der Waals surface area (Å²) >= 11 is 4.88. The van der Waals surface area contributed by atoms with E-state index in [0.717, 1.165) is 25.9 Å². The van der Waals surface area contributed by atoms with Crippen molar-refractivity contribution in [3.8, 4) is 0 Å². The standard InChI is InChI=1S/C14H18FN3OS/c15-11-3-1-2-10(8-11)14(19)17-12-4-6-18(7-5-12)9-13(16)20/h1-3,8,12H,4-7,9H2,(H2,16,20)(H,17,19). The van der Waals surface area contributed by atoms with Crippen molar-refractivity contribution in [1.29, 1.82) is 0 Å². The zero-order chi connectivity index (χ0) is 14.5. The first-order valence-electron chi connectivity index (χ1n) is 6.61. The lowest BCUT2D eigenvalue weighted by Gasteiger charge is -2.31. The molecule has 1 aromatic rings. The summed E-state index contributed by atoms with van der Waals surface area (Å²) in [6, 6.07) is 5.84. The van der Waals surface area contributed by atoms with Gasteiger partial charge in [-0.05, 0) is 31.0 Å². The van der Waals surface area contributed by atoms with Crippen LogP contribution in [0.25, 0.3) is 0 Å². The molecule has 1 saturated heterocycles. The molecular formula is C14H18FN3OS. The molecule has 0 unspecified atom stereocenters. The van der Waals surface area contributed by atoms with Gasteiger partial charge in [0.05, 0.1) is 4.99 Å². The predicted molar refractivity (Wildman–Crippen MR) is 80.1 cm³/mol. The number of nitrogens with zero attached hydrogens (tertiary/aromatic N) is 1. The summed E-state index contributed by atoms with van der Waals surface area (Å²) in [6.45, 7) is 2.33. The molecule has 0 bridgehead atoms. The molecule has 0 saturated carbocycles. The molecule has 6 heteroatoms. The molecule has 1 fully saturated rings. The highest BCUT2D eigenvalue weighted by molar-refractivity contribution is 7.80. The molecule has 0 radical (unpaired) electrons. The van der Waals surface area contributed by atoms with E-state index in [4.69, 9.17) is 18.0 Å². The summed E-state index contributed by atoms with van der Waals surface area (Å²) < 4.78 is 13.1. The number of nitrogens with two attached hydrogens (primary N) is 1. The van der Waals surface area contributed by atoms with Crippen LogP contribution in [0.3, 0.4) is 0 Å². The fourth-order valence-electron chi connectivity index (χ4n) is 2.35. The smallest absolute Gasteiger partial charge is 0.251 e. The number of likely N-dealkylation sites (tertiary alicyclic amines) is 1. The Balaban J connectivity index is 1.83. The van der Waals surface area contributed by atoms with Gasteiger partial charge in [0.2, 0.25) is 0 Å². The number of halogens is 1. The van der Waals surface area contributed by atoms with Crippen molar-refractivity contribution in [2.75, 3.05) is 19.6 Å². The van der Waals surface area contributed by atoms with E-state index in [1.807, 2.05) is 0 Å². The molecule has 1 aliphatic heterocycles. The Morgan fingerprint density at radius 3 is 2.75 bits per heavy atom. The monoisotopic (exact) mass is 295 g/mol. The Labute approximate surface area is 123 Å². The Bertz CT molecular complexity index is 501. The van der Waals surface area contributed by atoms with Crippen LogP contribution in [-0.4, -0.2) is 41.5 Å². The topological polar surface area (TPSA) is 58.4 Å². The number of carbonyl (C=O) groups is 1. The zero-order valence-corrected chi connectivity index (χ0v) is 12.0. The molecule has 1 aliphatic rings. The average Bonchev–Trinajstić information content (AvgIpc) is 2.40. The first kappa shape index (κ1) is 14.9. The van der Waals surface area contributed by atoms with E-state index < -0.39 is 5.82 Å². The second kappa shape index (κ2) is 6.76. The van der Waals surface area contributed by atoms with Gasteiger partial charge in [-0.2, -0.15) is 0 Å². The highest BCUT2D eigenvalue weighted by Crippen LogP contribution is 2.11. The molecule has 4 nitrogen and oxygen atoms in total. The Morgan fingerprint density at radius 1 is 1.45 bits per heavy atom. The third-order valence-corrected chi connectivity index (χ3v) is 3.52. The molecule has 20 heavy (non-hydrogen) atoms. The van der Waals surface area contributed by atoms with Gasteiger partial charge < -0.3 is 11.1 Å². The molecule has 1 amide bonds. The van der Waals surface area contributed by atoms with Gasteiger partial charge in [0, 0.05) is 31.2 Å². The fraction of sp³-hybridized carbons (Fsp3) is 0.429. The Hall–Kier alpha value is -1.53. The van der Waals surface area contributed by atoms with Gasteiger partial charge >= 0.3 is 0 Å². The van der Waals surface area contributed by atoms with Crippen LogP contribution in [0.4, 0.5) is 4.39 Å². The third kappa shape index (κ3) is 4.25. The lowest BCUT2D eigenvalue weighted by atomic mass is 10.0. The molecule has 1 aromatic carbocycles. The number of hydrogen-bond donors (Lipinski definition) is 2. The Morgan fingerprint density at radius 2 is 2.15 bits per heavy atom. The largest absolute Gasteiger partial charge is 0.392 e. The molecule has 0 aromatic heterocycles. The number of amides is 1. The molecule has 1 heterocycles. The van der Waals surface area contributed by atoms with Gasteiger partial charge in [-0.1, -0.05) is 18.3 Å². The second-order valence-electron chi connectivity index (χ2n) is 5.00. The van der Waals surface area contributed by atoms with E-state index >= 15 is 0 Å². The predicted octanol–water partition coefficient (Wildman–Crippen LogP) is 1.31. The van der Waals surface area contributed by atoms with Crippen LogP contribution < -0.4 is 11.1 Å². The highest BCUT2D eigenvalue weighted by atomic mass is 32.1. The van der Waals surface area contributed by atoms with Crippen molar-refractivity contribution in [2.24, 2.45) is 5.73 Å². The fourth-order valence-corrected chi connectivity index (χ4v) is 2.54. The quantitative estimate of drug-likeness (QED) is 0.822. The molecule has 2 rings (SSSR count). The van der Waals surface area contributed by atoms with Crippen molar-refractivity contribution < 1.29 is 9.18 Å². The average molecular weight is 295 g/mol. The van der Waals surface area contributed by atoms with Gasteiger partial charge in [-0.25, -0.2) is 4.39 Å². The first-order valence-corrected chi connectivity index (χ1v) is 7.02. The van der Waals surface area contributed by atoms with Crippen LogP contribution in [0.2, 0.25) is 0 Å². The molecule has 108 valence electrons. The zero-order valence-electron chi connectivity index (χ0n) is 11.1. The van der Waals surface area contributed by atoms with Crippen LogP contribution in [0.1, 0.15) is 23.2 Å². The van der Waals surface area contributed by atoms with Crippen molar-refractivity contribution in [2.45, 2.75) is 18.9 Å². The van der Waals surface area contributed by atoms with Crippen molar-refractivity contribution >= 4 is 23.1 Å². The van der Waals surface area contributed by atoms with Gasteiger partial charge in [0.1, 0.15) is 5.82 Å². The molecule has 3 N–H and O–H groups in total. The van der Waals surface area contributed by atoms with Gasteiger partial charge in [0.25, 0.3) is 5.91 Å². The summed E-state index contributed by atoms with van der Waals surface area (Å²) in [7, 11) is 0. The van der Waals surface area contributed by atoms with Gasteiger partial charge in [0.15, 0.2) is 0 Å². The van der Waals surface area contributed by atoms with Crippen LogP contribution >= 0.6 is 12.2 Å². The summed E-state index contributed by atoms with van der Waals surface area (Å²) in [5.41, 5.74) is 5.87.